The number of hydrogen-bond donors (Lipinski definition) is 2. The van der Waals surface area contributed by atoms with Crippen LogP contribution in [0.25, 0.3) is 11.1 Å². The highest BCUT2D eigenvalue weighted by Crippen LogP contribution is 2.51. The molecular formula is C29H41FN8O3Si. The van der Waals surface area contributed by atoms with E-state index in [-0.39, 0.29) is 17.4 Å². The summed E-state index contributed by atoms with van der Waals surface area (Å²) in [5.74, 6) is -0.664. The van der Waals surface area contributed by atoms with Gasteiger partial charge in [-0.1, -0.05) is 24.9 Å². The molecule has 2 aliphatic rings. The van der Waals surface area contributed by atoms with Gasteiger partial charge in [0.05, 0.1) is 11.9 Å². The van der Waals surface area contributed by atoms with Crippen LogP contribution in [0.3, 0.4) is 0 Å². The second kappa shape index (κ2) is 12.0. The van der Waals surface area contributed by atoms with Crippen molar-refractivity contribution in [2.24, 2.45) is 24.8 Å². The Bertz CT molecular complexity index is 1450. The molecule has 1 atom stereocenters. The number of anilines is 1. The number of carbonyl (C=O) groups is 2. The molecule has 2 aliphatic carbocycles. The molecule has 5 rings (SSSR count). The summed E-state index contributed by atoms with van der Waals surface area (Å²) < 4.78 is 24.4. The van der Waals surface area contributed by atoms with Crippen molar-refractivity contribution in [2.75, 3.05) is 11.9 Å². The zero-order chi connectivity index (χ0) is 30.2. The van der Waals surface area contributed by atoms with E-state index in [9.17, 15) is 9.59 Å². The molecule has 3 aromatic rings. The number of aryl methyl sites for hydroxylation is 2. The molecule has 0 aromatic carbocycles. The third-order valence-corrected chi connectivity index (χ3v) is 9.90. The molecule has 0 unspecified atom stereocenters. The summed E-state index contributed by atoms with van der Waals surface area (Å²) in [5.41, 5.74) is 2.67. The van der Waals surface area contributed by atoms with Gasteiger partial charge in [-0.25, -0.2) is 14.3 Å². The molecule has 226 valence electrons. The maximum absolute atomic E-state index is 15.5. The maximum atomic E-state index is 15.5. The molecule has 2 fully saturated rings. The summed E-state index contributed by atoms with van der Waals surface area (Å²) in [6, 6.07) is 3.47. The van der Waals surface area contributed by atoms with E-state index in [1.807, 2.05) is 13.8 Å². The average Bonchev–Trinajstić information content (AvgIpc) is 3.85. The number of amides is 2. The molecule has 0 aliphatic heterocycles. The first-order valence-electron chi connectivity index (χ1n) is 14.7. The smallest absolute Gasteiger partial charge is 0.271 e. The third-order valence-electron chi connectivity index (χ3n) is 8.19. The Morgan fingerprint density at radius 1 is 1.14 bits per heavy atom. The number of pyridine rings is 1. The van der Waals surface area contributed by atoms with Crippen molar-refractivity contribution in [1.29, 1.82) is 0 Å². The van der Waals surface area contributed by atoms with E-state index in [1.54, 1.807) is 23.9 Å². The Balaban J connectivity index is 1.31. The summed E-state index contributed by atoms with van der Waals surface area (Å²) >= 11 is 0. The monoisotopic (exact) mass is 596 g/mol. The van der Waals surface area contributed by atoms with E-state index in [4.69, 9.17) is 4.74 Å². The fraction of sp³-hybridized carbons (Fsp3) is 0.586. The van der Waals surface area contributed by atoms with Gasteiger partial charge in [-0.3, -0.25) is 9.59 Å². The van der Waals surface area contributed by atoms with Gasteiger partial charge in [-0.2, -0.15) is 9.49 Å². The van der Waals surface area contributed by atoms with Crippen LogP contribution < -0.4 is 10.6 Å². The number of nitrogens with one attached hydrogen (secondary N) is 2. The fourth-order valence-corrected chi connectivity index (χ4v) is 6.33. The lowest BCUT2D eigenvalue weighted by Crippen LogP contribution is -2.50. The van der Waals surface area contributed by atoms with Crippen molar-refractivity contribution in [3.8, 4) is 11.1 Å². The number of nitrogens with zero attached hydrogens (tertiary/aromatic N) is 6. The lowest BCUT2D eigenvalue weighted by molar-refractivity contribution is -0.119. The highest BCUT2D eigenvalue weighted by atomic mass is 28.3. The first kappa shape index (κ1) is 30.0. The van der Waals surface area contributed by atoms with Gasteiger partial charge < -0.3 is 15.4 Å². The molecular weight excluding hydrogens is 555 g/mol. The summed E-state index contributed by atoms with van der Waals surface area (Å²) in [7, 11) is 0.421. The van der Waals surface area contributed by atoms with E-state index in [0.717, 1.165) is 37.4 Å². The number of carbonyl (C=O) groups excluding carboxylic acids is 2. The molecule has 0 saturated heterocycles. The summed E-state index contributed by atoms with van der Waals surface area (Å²) in [5, 5.41) is 17.9. The van der Waals surface area contributed by atoms with E-state index < -0.39 is 31.9 Å². The van der Waals surface area contributed by atoms with Crippen LogP contribution in [-0.4, -0.2) is 62.3 Å². The Labute approximate surface area is 246 Å². The first-order chi connectivity index (χ1) is 19.9. The quantitative estimate of drug-likeness (QED) is 0.171. The van der Waals surface area contributed by atoms with Gasteiger partial charge in [0.15, 0.2) is 0 Å². The molecule has 0 radical (unpaired) electrons. The number of hydrogen-bond acceptors (Lipinski definition) is 7. The molecule has 3 aromatic heterocycles. The van der Waals surface area contributed by atoms with Crippen LogP contribution in [0.4, 0.5) is 10.2 Å². The number of aromatic nitrogens is 6. The Hall–Kier alpha value is -3.45. The van der Waals surface area contributed by atoms with Gasteiger partial charge in [0.25, 0.3) is 5.91 Å². The summed E-state index contributed by atoms with van der Waals surface area (Å²) in [6.45, 7) is 11.6. The summed E-state index contributed by atoms with van der Waals surface area (Å²) in [6.07, 6.45) is 5.50. The van der Waals surface area contributed by atoms with Crippen LogP contribution in [0.2, 0.25) is 25.7 Å². The van der Waals surface area contributed by atoms with Crippen molar-refractivity contribution in [3.63, 3.8) is 0 Å². The SMILES string of the molecule is Cc1nn(COCC[Si](C)(C)C)c(C)c1-c1ccc(NC(=O)[C@@H](NC(=O)c2cnnn2C)C(C2CC2)C2CC2)nc1F. The Morgan fingerprint density at radius 2 is 1.83 bits per heavy atom. The number of halogens is 1. The zero-order valence-corrected chi connectivity index (χ0v) is 26.3. The molecule has 0 spiro atoms. The van der Waals surface area contributed by atoms with Crippen LogP contribution >= 0.6 is 0 Å². The Morgan fingerprint density at radius 3 is 2.40 bits per heavy atom. The van der Waals surface area contributed by atoms with Crippen molar-refractivity contribution >= 4 is 25.7 Å². The van der Waals surface area contributed by atoms with Crippen molar-refractivity contribution in [2.45, 2.75) is 78.0 Å². The minimum Gasteiger partial charge on any atom is -0.360 e. The lowest BCUT2D eigenvalue weighted by Gasteiger charge is -2.27. The van der Waals surface area contributed by atoms with Gasteiger partial charge in [0.1, 0.15) is 24.3 Å². The minimum absolute atomic E-state index is 0.0170. The minimum atomic E-state index is -1.20. The van der Waals surface area contributed by atoms with Gasteiger partial charge in [-0.15, -0.1) is 5.10 Å². The van der Waals surface area contributed by atoms with Crippen molar-refractivity contribution in [3.05, 3.63) is 41.4 Å². The fourth-order valence-electron chi connectivity index (χ4n) is 5.57. The van der Waals surface area contributed by atoms with Crippen LogP contribution in [-0.2, 0) is 23.3 Å². The van der Waals surface area contributed by atoms with E-state index in [2.05, 4.69) is 50.7 Å². The molecule has 13 heteroatoms. The number of ether oxygens (including phenoxy) is 1. The Kier molecular flexibility index (Phi) is 8.60. The number of rotatable bonds is 13. The third kappa shape index (κ3) is 6.94. The van der Waals surface area contributed by atoms with Crippen LogP contribution in [0, 0.1) is 37.5 Å². The maximum Gasteiger partial charge on any atom is 0.271 e. The van der Waals surface area contributed by atoms with Gasteiger partial charge >= 0.3 is 0 Å². The molecule has 0 bridgehead atoms. The average molecular weight is 597 g/mol. The standard InChI is InChI=1S/C29H41FN8O3Si/c1-17-24(18(2)38(35-17)16-41-13-14-42(4,5)6)21-11-12-23(32-27(21)30)33-29(40)26(25(19-7-8-19)20-9-10-20)34-28(39)22-15-31-36-37(22)3/h11-12,15,19-20,25-26H,7-10,13-14,16H2,1-6H3,(H,34,39)(H,32,33,40)/t26-/m0/s1. The van der Waals surface area contributed by atoms with E-state index in [0.29, 0.717) is 42.0 Å². The molecule has 2 amide bonds. The van der Waals surface area contributed by atoms with Crippen molar-refractivity contribution < 1.29 is 18.7 Å². The predicted octanol–water partition coefficient (Wildman–Crippen LogP) is 4.32. The lowest BCUT2D eigenvalue weighted by atomic mass is 9.88. The first-order valence-corrected chi connectivity index (χ1v) is 18.4. The molecule has 2 N–H and O–H groups in total. The van der Waals surface area contributed by atoms with Gasteiger partial charge in [0, 0.05) is 38.5 Å². The molecule has 42 heavy (non-hydrogen) atoms. The van der Waals surface area contributed by atoms with Crippen LogP contribution in [0.5, 0.6) is 0 Å². The normalized spacial score (nSPS) is 16.1. The van der Waals surface area contributed by atoms with E-state index in [1.165, 1.54) is 10.9 Å². The molecule has 2 saturated carbocycles. The molecule has 3 heterocycles. The predicted molar refractivity (Wildman–Crippen MR) is 159 cm³/mol. The van der Waals surface area contributed by atoms with Crippen LogP contribution in [0.15, 0.2) is 18.3 Å². The zero-order valence-electron chi connectivity index (χ0n) is 25.3. The van der Waals surface area contributed by atoms with Crippen LogP contribution in [0.1, 0.15) is 47.6 Å². The largest absolute Gasteiger partial charge is 0.360 e. The second-order valence-electron chi connectivity index (χ2n) is 12.9. The van der Waals surface area contributed by atoms with Crippen molar-refractivity contribution in [1.82, 2.24) is 35.1 Å². The van der Waals surface area contributed by atoms with Gasteiger partial charge in [0.2, 0.25) is 11.9 Å². The second-order valence-corrected chi connectivity index (χ2v) is 18.5. The topological polar surface area (TPSA) is 129 Å². The summed E-state index contributed by atoms with van der Waals surface area (Å²) in [4.78, 5) is 30.8. The van der Waals surface area contributed by atoms with E-state index >= 15 is 4.39 Å². The molecule has 11 nitrogen and oxygen atoms in total. The van der Waals surface area contributed by atoms with Gasteiger partial charge in [-0.05, 0) is 75.5 Å². The highest BCUT2D eigenvalue weighted by Gasteiger charge is 2.48. The highest BCUT2D eigenvalue weighted by molar-refractivity contribution is 6.76.